The number of hydrogen-bond donors (Lipinski definition) is 1. The summed E-state index contributed by atoms with van der Waals surface area (Å²) in [7, 11) is 2.03. The zero-order valence-electron chi connectivity index (χ0n) is 9.77. The molecule has 1 aromatic heterocycles. The fraction of sp³-hybridized carbons (Fsp3) is 0.636. The number of aromatic nitrogens is 2. The van der Waals surface area contributed by atoms with E-state index in [-0.39, 0.29) is 6.04 Å². The van der Waals surface area contributed by atoms with Gasteiger partial charge in [0.05, 0.1) is 0 Å². The summed E-state index contributed by atoms with van der Waals surface area (Å²) in [6.07, 6.45) is 3.54. The lowest BCUT2D eigenvalue weighted by Gasteiger charge is -2.19. The molecule has 0 amide bonds. The monoisotopic (exact) mass is 208 g/mol. The molecule has 0 bridgehead atoms. The molecule has 0 spiro atoms. The van der Waals surface area contributed by atoms with Crippen molar-refractivity contribution in [2.45, 2.75) is 32.7 Å². The van der Waals surface area contributed by atoms with Gasteiger partial charge >= 0.3 is 0 Å². The topological polar surface area (TPSA) is 55.0 Å². The van der Waals surface area contributed by atoms with Gasteiger partial charge in [-0.1, -0.05) is 6.92 Å². The van der Waals surface area contributed by atoms with Crippen LogP contribution in [0.15, 0.2) is 12.4 Å². The lowest BCUT2D eigenvalue weighted by Crippen LogP contribution is -2.26. The number of nitrogens with zero attached hydrogens (tertiary/aromatic N) is 3. The minimum atomic E-state index is 0.236. The molecule has 15 heavy (non-hydrogen) atoms. The third-order valence-electron chi connectivity index (χ3n) is 2.38. The molecular weight excluding hydrogens is 188 g/mol. The second-order valence-corrected chi connectivity index (χ2v) is 3.91. The van der Waals surface area contributed by atoms with Gasteiger partial charge in [0.1, 0.15) is 12.1 Å². The predicted octanol–water partition coefficient (Wildman–Crippen LogP) is 1.21. The van der Waals surface area contributed by atoms with Gasteiger partial charge in [-0.3, -0.25) is 0 Å². The summed E-state index contributed by atoms with van der Waals surface area (Å²) in [4.78, 5) is 10.5. The van der Waals surface area contributed by atoms with E-state index < -0.39 is 0 Å². The van der Waals surface area contributed by atoms with Gasteiger partial charge in [-0.25, -0.2) is 9.97 Å². The van der Waals surface area contributed by atoms with Crippen molar-refractivity contribution in [3.8, 4) is 0 Å². The first-order valence-electron chi connectivity index (χ1n) is 5.41. The van der Waals surface area contributed by atoms with Crippen LogP contribution in [0, 0.1) is 0 Å². The molecule has 0 aliphatic carbocycles. The van der Waals surface area contributed by atoms with E-state index in [0.717, 1.165) is 30.9 Å². The summed E-state index contributed by atoms with van der Waals surface area (Å²) in [5, 5.41) is 0. The number of hydrogen-bond acceptors (Lipinski definition) is 4. The molecule has 0 saturated carbocycles. The second-order valence-electron chi connectivity index (χ2n) is 3.91. The molecule has 1 heterocycles. The first-order valence-corrected chi connectivity index (χ1v) is 5.41. The third-order valence-corrected chi connectivity index (χ3v) is 2.38. The van der Waals surface area contributed by atoms with Crippen LogP contribution in [0.3, 0.4) is 0 Å². The van der Waals surface area contributed by atoms with Gasteiger partial charge < -0.3 is 10.6 Å². The number of rotatable bonds is 5. The molecule has 1 atom stereocenters. The highest BCUT2D eigenvalue weighted by molar-refractivity contribution is 5.37. The van der Waals surface area contributed by atoms with Crippen molar-refractivity contribution in [2.75, 3.05) is 18.5 Å². The number of anilines is 1. The lowest BCUT2D eigenvalue weighted by atomic mass is 10.2. The minimum Gasteiger partial charge on any atom is -0.360 e. The van der Waals surface area contributed by atoms with Gasteiger partial charge in [0, 0.05) is 31.4 Å². The van der Waals surface area contributed by atoms with Gasteiger partial charge in [-0.05, 0) is 19.8 Å². The van der Waals surface area contributed by atoms with E-state index in [4.69, 9.17) is 5.73 Å². The molecule has 0 saturated heterocycles. The molecule has 0 aliphatic rings. The van der Waals surface area contributed by atoms with Crippen LogP contribution in [0.1, 0.15) is 26.0 Å². The fourth-order valence-electron chi connectivity index (χ4n) is 1.30. The first kappa shape index (κ1) is 11.9. The third kappa shape index (κ3) is 3.83. The zero-order valence-corrected chi connectivity index (χ0v) is 9.77. The van der Waals surface area contributed by atoms with Gasteiger partial charge in [-0.15, -0.1) is 0 Å². The Bertz CT molecular complexity index is 298. The molecular formula is C11H20N4. The number of nitrogens with two attached hydrogens (primary N) is 1. The summed E-state index contributed by atoms with van der Waals surface area (Å²) in [6.45, 7) is 5.04. The molecule has 0 aromatic carbocycles. The Morgan fingerprint density at radius 3 is 2.80 bits per heavy atom. The van der Waals surface area contributed by atoms with E-state index in [1.54, 1.807) is 6.33 Å². The molecule has 2 N–H and O–H groups in total. The summed E-state index contributed by atoms with van der Waals surface area (Å²) < 4.78 is 0. The molecule has 0 fully saturated rings. The molecule has 1 rings (SSSR count). The van der Waals surface area contributed by atoms with Gasteiger partial charge in [-0.2, -0.15) is 0 Å². The van der Waals surface area contributed by atoms with E-state index in [1.807, 2.05) is 20.0 Å². The maximum Gasteiger partial charge on any atom is 0.131 e. The predicted molar refractivity (Wildman–Crippen MR) is 62.9 cm³/mol. The SMILES string of the molecule is CCc1cc(N(C)CCC(C)N)ncn1. The van der Waals surface area contributed by atoms with Gasteiger partial charge in [0.2, 0.25) is 0 Å². The molecule has 0 radical (unpaired) electrons. The van der Waals surface area contributed by atoms with Gasteiger partial charge in [0.25, 0.3) is 0 Å². The van der Waals surface area contributed by atoms with Crippen molar-refractivity contribution in [2.24, 2.45) is 5.73 Å². The van der Waals surface area contributed by atoms with Crippen LogP contribution in [0.25, 0.3) is 0 Å². The standard InChI is InChI=1S/C11H20N4/c1-4-10-7-11(14-8-13-10)15(3)6-5-9(2)12/h7-9H,4-6,12H2,1-3H3. The average Bonchev–Trinajstić information content (AvgIpc) is 2.26. The van der Waals surface area contributed by atoms with Crippen molar-refractivity contribution in [3.63, 3.8) is 0 Å². The van der Waals surface area contributed by atoms with Crippen LogP contribution < -0.4 is 10.6 Å². The summed E-state index contributed by atoms with van der Waals surface area (Å²) in [5.74, 6) is 0.975. The van der Waals surface area contributed by atoms with Crippen LogP contribution in [0.5, 0.6) is 0 Å². The fourth-order valence-corrected chi connectivity index (χ4v) is 1.30. The molecule has 84 valence electrons. The minimum absolute atomic E-state index is 0.236. The Morgan fingerprint density at radius 2 is 2.20 bits per heavy atom. The van der Waals surface area contributed by atoms with Crippen LogP contribution in [0.4, 0.5) is 5.82 Å². The largest absolute Gasteiger partial charge is 0.360 e. The summed E-state index contributed by atoms with van der Waals surface area (Å²) in [6, 6.07) is 2.27. The van der Waals surface area contributed by atoms with E-state index >= 15 is 0 Å². The van der Waals surface area contributed by atoms with E-state index in [9.17, 15) is 0 Å². The smallest absolute Gasteiger partial charge is 0.131 e. The van der Waals surface area contributed by atoms with E-state index in [1.165, 1.54) is 0 Å². The highest BCUT2D eigenvalue weighted by Gasteiger charge is 2.04. The highest BCUT2D eigenvalue weighted by atomic mass is 15.2. The lowest BCUT2D eigenvalue weighted by molar-refractivity contribution is 0.655. The quantitative estimate of drug-likeness (QED) is 0.790. The van der Waals surface area contributed by atoms with E-state index in [2.05, 4.69) is 21.8 Å². The van der Waals surface area contributed by atoms with Crippen molar-refractivity contribution in [1.82, 2.24) is 9.97 Å². The molecule has 1 unspecified atom stereocenters. The Morgan fingerprint density at radius 1 is 1.47 bits per heavy atom. The molecule has 4 heteroatoms. The van der Waals surface area contributed by atoms with Crippen LogP contribution >= 0.6 is 0 Å². The van der Waals surface area contributed by atoms with Crippen LogP contribution in [-0.2, 0) is 6.42 Å². The highest BCUT2D eigenvalue weighted by Crippen LogP contribution is 2.09. The van der Waals surface area contributed by atoms with Crippen molar-refractivity contribution in [1.29, 1.82) is 0 Å². The van der Waals surface area contributed by atoms with Crippen LogP contribution in [0.2, 0.25) is 0 Å². The first-order chi connectivity index (χ1) is 7.13. The normalized spacial score (nSPS) is 12.5. The zero-order chi connectivity index (χ0) is 11.3. The molecule has 1 aromatic rings. The Kier molecular flexibility index (Phi) is 4.49. The maximum atomic E-state index is 5.72. The summed E-state index contributed by atoms with van der Waals surface area (Å²) in [5.41, 5.74) is 6.79. The van der Waals surface area contributed by atoms with E-state index in [0.29, 0.717) is 0 Å². The van der Waals surface area contributed by atoms with Gasteiger partial charge in [0.15, 0.2) is 0 Å². The molecule has 0 aliphatic heterocycles. The molecule has 4 nitrogen and oxygen atoms in total. The Labute approximate surface area is 91.5 Å². The van der Waals surface area contributed by atoms with Crippen LogP contribution in [-0.4, -0.2) is 29.6 Å². The van der Waals surface area contributed by atoms with Crippen molar-refractivity contribution >= 4 is 5.82 Å². The maximum absolute atomic E-state index is 5.72. The second kappa shape index (κ2) is 5.66. The Hall–Kier alpha value is -1.16. The Balaban J connectivity index is 2.60. The summed E-state index contributed by atoms with van der Waals surface area (Å²) >= 11 is 0. The number of aryl methyl sites for hydroxylation is 1. The van der Waals surface area contributed by atoms with Crippen molar-refractivity contribution in [3.05, 3.63) is 18.1 Å². The average molecular weight is 208 g/mol. The van der Waals surface area contributed by atoms with Crippen molar-refractivity contribution < 1.29 is 0 Å².